The molecule has 162 valence electrons. The maximum atomic E-state index is 13.7. The van der Waals surface area contributed by atoms with Crippen molar-refractivity contribution in [2.75, 3.05) is 10.6 Å². The van der Waals surface area contributed by atoms with Crippen LogP contribution in [-0.2, 0) is 6.18 Å². The zero-order valence-corrected chi connectivity index (χ0v) is 16.1. The third-order valence-electron chi connectivity index (χ3n) is 4.57. The Hall–Kier alpha value is -4.34. The van der Waals surface area contributed by atoms with Gasteiger partial charge in [-0.1, -0.05) is 18.2 Å². The molecular formula is C22H14F3N3O4. The van der Waals surface area contributed by atoms with E-state index in [4.69, 9.17) is 4.42 Å². The standard InChI is InChI=1S/C22H14F3N3O4/c23-22(24,25)15-10-12(26-21(31)18-6-3-9-32-18)7-8-17(15)28-20(30)14-11-19(29)27-16-5-2-1-4-13(14)16/h1-11H,(H,26,31)(H,27,29)(H,28,30). The number of aromatic amines is 1. The normalized spacial score (nSPS) is 11.3. The molecule has 32 heavy (non-hydrogen) atoms. The molecule has 0 aliphatic heterocycles. The van der Waals surface area contributed by atoms with Crippen LogP contribution in [0.25, 0.3) is 10.9 Å². The molecule has 2 aromatic heterocycles. The smallest absolute Gasteiger partial charge is 0.418 e. The van der Waals surface area contributed by atoms with Gasteiger partial charge in [-0.15, -0.1) is 0 Å². The SMILES string of the molecule is O=C(Nc1ccc(NC(=O)c2cc(=O)[nH]c3ccccc23)c(C(F)(F)F)c1)c1ccco1. The van der Waals surface area contributed by atoms with Gasteiger partial charge in [-0.25, -0.2) is 0 Å². The molecule has 0 aliphatic carbocycles. The minimum absolute atomic E-state index is 0.0721. The third-order valence-corrected chi connectivity index (χ3v) is 4.57. The van der Waals surface area contributed by atoms with Crippen molar-refractivity contribution in [3.8, 4) is 0 Å². The van der Waals surface area contributed by atoms with E-state index in [-0.39, 0.29) is 17.0 Å². The van der Waals surface area contributed by atoms with E-state index in [1.165, 1.54) is 24.5 Å². The number of carbonyl (C=O) groups is 2. The summed E-state index contributed by atoms with van der Waals surface area (Å²) in [4.78, 5) is 39.2. The van der Waals surface area contributed by atoms with Crippen molar-refractivity contribution in [1.82, 2.24) is 4.98 Å². The second-order valence-corrected chi connectivity index (χ2v) is 6.74. The maximum Gasteiger partial charge on any atom is 0.418 e. The van der Waals surface area contributed by atoms with Gasteiger partial charge in [-0.3, -0.25) is 14.4 Å². The highest BCUT2D eigenvalue weighted by atomic mass is 19.4. The Morgan fingerprint density at radius 2 is 1.69 bits per heavy atom. The van der Waals surface area contributed by atoms with E-state index in [0.29, 0.717) is 17.0 Å². The van der Waals surface area contributed by atoms with E-state index in [1.54, 1.807) is 24.3 Å². The van der Waals surface area contributed by atoms with Crippen LogP contribution in [0.15, 0.2) is 76.1 Å². The molecule has 0 unspecified atom stereocenters. The van der Waals surface area contributed by atoms with Crippen molar-refractivity contribution >= 4 is 34.1 Å². The van der Waals surface area contributed by atoms with Crippen LogP contribution in [0, 0.1) is 0 Å². The molecule has 0 saturated carbocycles. The molecule has 3 N–H and O–H groups in total. The molecule has 0 bridgehead atoms. The van der Waals surface area contributed by atoms with Crippen molar-refractivity contribution < 1.29 is 27.2 Å². The lowest BCUT2D eigenvalue weighted by molar-refractivity contribution is -0.136. The number of amides is 2. The first-order chi connectivity index (χ1) is 15.2. The number of H-pyrrole nitrogens is 1. The lowest BCUT2D eigenvalue weighted by Gasteiger charge is -2.16. The lowest BCUT2D eigenvalue weighted by Crippen LogP contribution is -2.20. The lowest BCUT2D eigenvalue weighted by atomic mass is 10.1. The third kappa shape index (κ3) is 4.24. The Bertz CT molecular complexity index is 1380. The molecule has 0 fully saturated rings. The minimum Gasteiger partial charge on any atom is -0.459 e. The quantitative estimate of drug-likeness (QED) is 0.429. The van der Waals surface area contributed by atoms with Crippen molar-refractivity contribution in [2.24, 2.45) is 0 Å². The fraction of sp³-hybridized carbons (Fsp3) is 0.0455. The fourth-order valence-electron chi connectivity index (χ4n) is 3.15. The van der Waals surface area contributed by atoms with Gasteiger partial charge in [0.05, 0.1) is 23.1 Å². The van der Waals surface area contributed by atoms with Gasteiger partial charge in [0.25, 0.3) is 11.8 Å². The summed E-state index contributed by atoms with van der Waals surface area (Å²) >= 11 is 0. The van der Waals surface area contributed by atoms with Gasteiger partial charge in [0, 0.05) is 22.7 Å². The highest BCUT2D eigenvalue weighted by Crippen LogP contribution is 2.37. The average molecular weight is 441 g/mol. The van der Waals surface area contributed by atoms with Crippen LogP contribution in [-0.4, -0.2) is 16.8 Å². The number of furan rings is 1. The second kappa shape index (κ2) is 8.06. The number of para-hydroxylation sites is 1. The molecule has 2 aromatic carbocycles. The molecule has 0 spiro atoms. The Labute approximate surface area is 177 Å². The molecule has 0 aliphatic rings. The molecule has 10 heteroatoms. The molecule has 2 heterocycles. The number of carbonyl (C=O) groups excluding carboxylic acids is 2. The molecule has 0 atom stereocenters. The molecule has 0 radical (unpaired) electrons. The van der Waals surface area contributed by atoms with Gasteiger partial charge in [0.15, 0.2) is 5.76 Å². The first-order valence-corrected chi connectivity index (χ1v) is 9.22. The van der Waals surface area contributed by atoms with Crippen molar-refractivity contribution in [1.29, 1.82) is 0 Å². The molecule has 7 nitrogen and oxygen atoms in total. The number of alkyl halides is 3. The van der Waals surface area contributed by atoms with E-state index < -0.39 is 34.8 Å². The average Bonchev–Trinajstić information content (AvgIpc) is 3.28. The molecular weight excluding hydrogens is 427 g/mol. The number of anilines is 2. The summed E-state index contributed by atoms with van der Waals surface area (Å²) in [6.07, 6.45) is -3.57. The molecule has 2 amide bonds. The number of hydrogen-bond donors (Lipinski definition) is 3. The van der Waals surface area contributed by atoms with Gasteiger partial charge >= 0.3 is 6.18 Å². The fourth-order valence-corrected chi connectivity index (χ4v) is 3.15. The second-order valence-electron chi connectivity index (χ2n) is 6.74. The number of benzene rings is 2. The monoisotopic (exact) mass is 441 g/mol. The first kappa shape index (κ1) is 20.9. The van der Waals surface area contributed by atoms with Crippen molar-refractivity contribution in [2.45, 2.75) is 6.18 Å². The molecule has 0 saturated heterocycles. The predicted molar refractivity (Wildman–Crippen MR) is 111 cm³/mol. The Kier molecular flexibility index (Phi) is 5.27. The highest BCUT2D eigenvalue weighted by Gasteiger charge is 2.34. The number of rotatable bonds is 4. The van der Waals surface area contributed by atoms with E-state index in [0.717, 1.165) is 12.1 Å². The van der Waals surface area contributed by atoms with Crippen molar-refractivity contribution in [3.63, 3.8) is 0 Å². The van der Waals surface area contributed by atoms with E-state index in [1.807, 2.05) is 0 Å². The van der Waals surface area contributed by atoms with Gasteiger partial charge in [0.2, 0.25) is 5.56 Å². The minimum atomic E-state index is -4.83. The summed E-state index contributed by atoms with van der Waals surface area (Å²) in [5.74, 6) is -1.68. The summed E-state index contributed by atoms with van der Waals surface area (Å²) in [6.45, 7) is 0. The number of aromatic nitrogens is 1. The van der Waals surface area contributed by atoms with Crippen LogP contribution in [0.3, 0.4) is 0 Å². The van der Waals surface area contributed by atoms with Gasteiger partial charge in [0.1, 0.15) is 0 Å². The predicted octanol–water partition coefficient (Wildman–Crippen LogP) is 4.64. The summed E-state index contributed by atoms with van der Waals surface area (Å²) < 4.78 is 45.9. The number of halogens is 3. The number of pyridine rings is 1. The first-order valence-electron chi connectivity index (χ1n) is 9.22. The summed E-state index contributed by atoms with van der Waals surface area (Å²) in [5, 5.41) is 4.90. The highest BCUT2D eigenvalue weighted by molar-refractivity contribution is 6.12. The van der Waals surface area contributed by atoms with E-state index >= 15 is 0 Å². The van der Waals surface area contributed by atoms with Gasteiger partial charge in [-0.2, -0.15) is 13.2 Å². The zero-order valence-electron chi connectivity index (χ0n) is 16.1. The summed E-state index contributed by atoms with van der Waals surface area (Å²) in [7, 11) is 0. The Balaban J connectivity index is 1.67. The molecule has 4 aromatic rings. The zero-order chi connectivity index (χ0) is 22.9. The van der Waals surface area contributed by atoms with E-state index in [9.17, 15) is 27.6 Å². The Morgan fingerprint density at radius 1 is 0.906 bits per heavy atom. The summed E-state index contributed by atoms with van der Waals surface area (Å²) in [5.41, 5.74) is -2.11. The number of fused-ring (bicyclic) bond motifs is 1. The topological polar surface area (TPSA) is 104 Å². The molecule has 4 rings (SSSR count). The van der Waals surface area contributed by atoms with Crippen LogP contribution in [0.2, 0.25) is 0 Å². The van der Waals surface area contributed by atoms with Crippen molar-refractivity contribution in [3.05, 3.63) is 94.2 Å². The summed E-state index contributed by atoms with van der Waals surface area (Å²) in [6, 6.07) is 13.2. The number of nitrogens with one attached hydrogen (secondary N) is 3. The van der Waals surface area contributed by atoms with Crippen LogP contribution in [0.1, 0.15) is 26.5 Å². The maximum absolute atomic E-state index is 13.7. The van der Waals surface area contributed by atoms with Crippen LogP contribution >= 0.6 is 0 Å². The van der Waals surface area contributed by atoms with Crippen LogP contribution in [0.4, 0.5) is 24.5 Å². The number of hydrogen-bond acceptors (Lipinski definition) is 4. The van der Waals surface area contributed by atoms with E-state index in [2.05, 4.69) is 15.6 Å². The Morgan fingerprint density at radius 3 is 2.41 bits per heavy atom. The van der Waals surface area contributed by atoms with Crippen LogP contribution in [0.5, 0.6) is 0 Å². The van der Waals surface area contributed by atoms with Crippen LogP contribution < -0.4 is 16.2 Å². The largest absolute Gasteiger partial charge is 0.459 e. The van der Waals surface area contributed by atoms with Gasteiger partial charge < -0.3 is 20.0 Å². The van der Waals surface area contributed by atoms with Gasteiger partial charge in [-0.05, 0) is 36.4 Å².